The highest BCUT2D eigenvalue weighted by atomic mass is 32.2. The van der Waals surface area contributed by atoms with Crippen molar-refractivity contribution in [1.82, 2.24) is 5.32 Å². The summed E-state index contributed by atoms with van der Waals surface area (Å²) in [7, 11) is -4.05. The lowest BCUT2D eigenvalue weighted by molar-refractivity contribution is -0.114. The maximum Gasteiger partial charge on any atom is 0.264 e. The van der Waals surface area contributed by atoms with Gasteiger partial charge in [-0.1, -0.05) is 35.9 Å². The second-order valence-electron chi connectivity index (χ2n) is 9.89. The van der Waals surface area contributed by atoms with Crippen molar-refractivity contribution in [2.75, 3.05) is 16.2 Å². The number of sulfonamides is 1. The number of nitrogens with zero attached hydrogens (tertiary/aromatic N) is 1. The van der Waals surface area contributed by atoms with Crippen LogP contribution in [0.4, 0.5) is 11.4 Å². The Morgan fingerprint density at radius 3 is 2.11 bits per heavy atom. The van der Waals surface area contributed by atoms with Gasteiger partial charge in [0, 0.05) is 5.54 Å². The van der Waals surface area contributed by atoms with Gasteiger partial charge in [0.05, 0.1) is 21.8 Å². The van der Waals surface area contributed by atoms with Crippen LogP contribution in [0.25, 0.3) is 0 Å². The lowest BCUT2D eigenvalue weighted by atomic mass is 10.1. The standard InChI is InChI=1S/C28H33N3O4S/c1-19-11-15-23(16-12-19)36(34,35)31(22-14-13-20(2)21(3)17-22)18-26(32)29-25-10-8-7-9-24(25)27(33)30-28(4,5)6/h7-17H,18H2,1-6H3,(H,29,32)(H,30,33). The van der Waals surface area contributed by atoms with E-state index in [1.165, 1.54) is 12.1 Å². The van der Waals surface area contributed by atoms with E-state index in [1.54, 1.807) is 48.5 Å². The molecular weight excluding hydrogens is 474 g/mol. The van der Waals surface area contributed by atoms with Crippen molar-refractivity contribution < 1.29 is 18.0 Å². The van der Waals surface area contributed by atoms with Gasteiger partial charge in [-0.3, -0.25) is 13.9 Å². The second kappa shape index (κ2) is 10.5. The number of amides is 2. The first kappa shape index (κ1) is 26.9. The summed E-state index contributed by atoms with van der Waals surface area (Å²) >= 11 is 0. The summed E-state index contributed by atoms with van der Waals surface area (Å²) in [5, 5.41) is 5.61. The zero-order chi connectivity index (χ0) is 26.7. The summed E-state index contributed by atoms with van der Waals surface area (Å²) in [4.78, 5) is 26.1. The third kappa shape index (κ3) is 6.51. The molecule has 0 spiro atoms. The fourth-order valence-corrected chi connectivity index (χ4v) is 4.96. The van der Waals surface area contributed by atoms with Crippen LogP contribution in [-0.2, 0) is 14.8 Å². The van der Waals surface area contributed by atoms with Gasteiger partial charge in [-0.25, -0.2) is 8.42 Å². The Labute approximate surface area is 213 Å². The van der Waals surface area contributed by atoms with Crippen LogP contribution in [-0.4, -0.2) is 32.3 Å². The lowest BCUT2D eigenvalue weighted by Gasteiger charge is -2.25. The molecule has 0 saturated heterocycles. The maximum atomic E-state index is 13.6. The van der Waals surface area contributed by atoms with Crippen molar-refractivity contribution in [3.8, 4) is 0 Å². The van der Waals surface area contributed by atoms with E-state index in [0.717, 1.165) is 21.0 Å². The number of benzene rings is 3. The molecule has 0 fully saturated rings. The molecule has 3 rings (SSSR count). The van der Waals surface area contributed by atoms with Gasteiger partial charge in [-0.15, -0.1) is 0 Å². The summed E-state index contributed by atoms with van der Waals surface area (Å²) in [5.41, 5.74) is 3.35. The van der Waals surface area contributed by atoms with Crippen LogP contribution in [0.1, 0.15) is 47.8 Å². The van der Waals surface area contributed by atoms with Crippen LogP contribution in [0.3, 0.4) is 0 Å². The van der Waals surface area contributed by atoms with Crippen LogP contribution >= 0.6 is 0 Å². The number of nitrogens with one attached hydrogen (secondary N) is 2. The van der Waals surface area contributed by atoms with Gasteiger partial charge in [0.25, 0.3) is 15.9 Å². The molecule has 3 aromatic carbocycles. The third-order valence-electron chi connectivity index (χ3n) is 5.61. The quantitative estimate of drug-likeness (QED) is 0.472. The topological polar surface area (TPSA) is 95.6 Å². The molecule has 7 nitrogen and oxygen atoms in total. The molecule has 0 radical (unpaired) electrons. The first-order valence-electron chi connectivity index (χ1n) is 11.7. The van der Waals surface area contributed by atoms with E-state index in [2.05, 4.69) is 10.6 Å². The van der Waals surface area contributed by atoms with E-state index in [9.17, 15) is 18.0 Å². The second-order valence-corrected chi connectivity index (χ2v) is 11.8. The Balaban J connectivity index is 1.95. The van der Waals surface area contributed by atoms with Crippen molar-refractivity contribution in [3.05, 3.63) is 89.0 Å². The van der Waals surface area contributed by atoms with E-state index < -0.39 is 28.0 Å². The van der Waals surface area contributed by atoms with Gasteiger partial charge in [0.2, 0.25) is 5.91 Å². The van der Waals surface area contributed by atoms with Gasteiger partial charge >= 0.3 is 0 Å². The zero-order valence-corrected chi connectivity index (χ0v) is 22.4. The molecule has 0 atom stereocenters. The van der Waals surface area contributed by atoms with E-state index >= 15 is 0 Å². The minimum atomic E-state index is -4.05. The minimum Gasteiger partial charge on any atom is -0.347 e. The zero-order valence-electron chi connectivity index (χ0n) is 21.5. The van der Waals surface area contributed by atoms with E-state index in [0.29, 0.717) is 16.9 Å². The molecule has 36 heavy (non-hydrogen) atoms. The Kier molecular flexibility index (Phi) is 7.89. The summed E-state index contributed by atoms with van der Waals surface area (Å²) in [6.45, 7) is 10.8. The fraction of sp³-hybridized carbons (Fsp3) is 0.286. The predicted molar refractivity (Wildman–Crippen MR) is 144 cm³/mol. The summed E-state index contributed by atoms with van der Waals surface area (Å²) < 4.78 is 28.4. The van der Waals surface area contributed by atoms with Crippen molar-refractivity contribution in [3.63, 3.8) is 0 Å². The van der Waals surface area contributed by atoms with E-state index in [1.807, 2.05) is 47.6 Å². The molecule has 0 aliphatic heterocycles. The molecule has 0 aromatic heterocycles. The number of carbonyl (C=O) groups is 2. The summed E-state index contributed by atoms with van der Waals surface area (Å²) in [6, 6.07) is 18.4. The molecule has 0 saturated carbocycles. The minimum absolute atomic E-state index is 0.0871. The highest BCUT2D eigenvalue weighted by Gasteiger charge is 2.28. The SMILES string of the molecule is Cc1ccc(S(=O)(=O)N(CC(=O)Nc2ccccc2C(=O)NC(C)(C)C)c2ccc(C)c(C)c2)cc1. The average Bonchev–Trinajstić information content (AvgIpc) is 2.79. The molecule has 0 aliphatic carbocycles. The smallest absolute Gasteiger partial charge is 0.264 e. The largest absolute Gasteiger partial charge is 0.347 e. The first-order chi connectivity index (χ1) is 16.8. The van der Waals surface area contributed by atoms with E-state index in [4.69, 9.17) is 0 Å². The van der Waals surface area contributed by atoms with E-state index in [-0.39, 0.29) is 10.8 Å². The van der Waals surface area contributed by atoms with Gasteiger partial charge in [-0.05, 0) is 89.1 Å². The number of hydrogen-bond acceptors (Lipinski definition) is 4. The van der Waals surface area contributed by atoms with Crippen LogP contribution in [0.5, 0.6) is 0 Å². The number of hydrogen-bond donors (Lipinski definition) is 2. The molecule has 0 heterocycles. The third-order valence-corrected chi connectivity index (χ3v) is 7.40. The molecule has 2 amide bonds. The van der Waals surface area contributed by atoms with Crippen LogP contribution in [0.15, 0.2) is 71.6 Å². The number of carbonyl (C=O) groups excluding carboxylic acids is 2. The molecule has 2 N–H and O–H groups in total. The number of rotatable bonds is 7. The average molecular weight is 508 g/mol. The Hall–Kier alpha value is -3.65. The Morgan fingerprint density at radius 1 is 0.861 bits per heavy atom. The normalized spacial score (nSPS) is 11.6. The van der Waals surface area contributed by atoms with Crippen molar-refractivity contribution in [2.24, 2.45) is 0 Å². The van der Waals surface area contributed by atoms with Crippen molar-refractivity contribution in [1.29, 1.82) is 0 Å². The summed E-state index contributed by atoms with van der Waals surface area (Å²) in [6.07, 6.45) is 0. The fourth-order valence-electron chi connectivity index (χ4n) is 3.55. The molecule has 0 aliphatic rings. The molecular formula is C28H33N3O4S. The number of para-hydroxylation sites is 1. The van der Waals surface area contributed by atoms with Crippen molar-refractivity contribution >= 4 is 33.2 Å². The van der Waals surface area contributed by atoms with Gasteiger partial charge in [0.1, 0.15) is 6.54 Å². The Morgan fingerprint density at radius 2 is 1.50 bits per heavy atom. The van der Waals surface area contributed by atoms with Gasteiger partial charge in [-0.2, -0.15) is 0 Å². The first-order valence-corrected chi connectivity index (χ1v) is 13.1. The van der Waals surface area contributed by atoms with Crippen LogP contribution in [0, 0.1) is 20.8 Å². The van der Waals surface area contributed by atoms with Crippen LogP contribution in [0.2, 0.25) is 0 Å². The molecule has 0 bridgehead atoms. The molecule has 0 unspecified atom stereocenters. The number of aryl methyl sites for hydroxylation is 3. The Bertz CT molecular complexity index is 1370. The van der Waals surface area contributed by atoms with Crippen molar-refractivity contribution in [2.45, 2.75) is 52.0 Å². The van der Waals surface area contributed by atoms with Gasteiger partial charge < -0.3 is 10.6 Å². The molecule has 190 valence electrons. The number of anilines is 2. The summed E-state index contributed by atoms with van der Waals surface area (Å²) in [5.74, 6) is -0.906. The molecule has 3 aromatic rings. The molecule has 8 heteroatoms. The maximum absolute atomic E-state index is 13.6. The monoisotopic (exact) mass is 507 g/mol. The van der Waals surface area contributed by atoms with Gasteiger partial charge in [0.15, 0.2) is 0 Å². The highest BCUT2D eigenvalue weighted by Crippen LogP contribution is 2.26. The highest BCUT2D eigenvalue weighted by molar-refractivity contribution is 7.92. The lowest BCUT2D eigenvalue weighted by Crippen LogP contribution is -2.41. The van der Waals surface area contributed by atoms with Crippen LogP contribution < -0.4 is 14.9 Å². The predicted octanol–water partition coefficient (Wildman–Crippen LogP) is 4.97.